The topological polar surface area (TPSA) is 47.6 Å². The van der Waals surface area contributed by atoms with E-state index in [-0.39, 0.29) is 12.3 Å². The third-order valence-electron chi connectivity index (χ3n) is 4.94. The number of carbonyl (C=O) groups is 1. The van der Waals surface area contributed by atoms with Gasteiger partial charge in [0.25, 0.3) is 0 Å². The van der Waals surface area contributed by atoms with Crippen LogP contribution >= 0.6 is 0 Å². The molecular weight excluding hydrogens is 395 g/mol. The lowest BCUT2D eigenvalue weighted by Crippen LogP contribution is -2.26. The molecule has 0 aromatic heterocycles. The highest BCUT2D eigenvalue weighted by atomic mass is 19.4. The van der Waals surface area contributed by atoms with E-state index in [2.05, 4.69) is 12.2 Å². The summed E-state index contributed by atoms with van der Waals surface area (Å²) in [6.45, 7) is 2.48. The van der Waals surface area contributed by atoms with E-state index in [1.54, 1.807) is 0 Å². The average Bonchev–Trinajstić information content (AvgIpc) is 2.69. The summed E-state index contributed by atoms with van der Waals surface area (Å²) in [5.74, 6) is 0. The number of carbonyl (C=O) groups excluding carboxylic acids is 1. The molecule has 0 aliphatic rings. The molecule has 0 radical (unpaired) electrons. The first-order valence-electron chi connectivity index (χ1n) is 11.0. The molecule has 7 heteroatoms. The number of benzene rings is 1. The number of hydrogen-bond acceptors (Lipinski definition) is 3. The molecule has 1 unspecified atom stereocenters. The molecule has 0 fully saturated rings. The van der Waals surface area contributed by atoms with Crippen molar-refractivity contribution in [3.63, 3.8) is 0 Å². The third kappa shape index (κ3) is 12.1. The average molecular weight is 432 g/mol. The molecule has 0 aliphatic heterocycles. The lowest BCUT2D eigenvalue weighted by Gasteiger charge is -2.18. The highest BCUT2D eigenvalue weighted by molar-refractivity contribution is 5.84. The van der Waals surface area contributed by atoms with E-state index in [4.69, 9.17) is 9.47 Å². The van der Waals surface area contributed by atoms with Crippen molar-refractivity contribution in [2.45, 2.75) is 89.8 Å². The van der Waals surface area contributed by atoms with Crippen LogP contribution in [0, 0.1) is 0 Å². The number of methoxy groups -OCH3 is 1. The first-order chi connectivity index (χ1) is 14.4. The van der Waals surface area contributed by atoms with Gasteiger partial charge >= 0.3 is 12.3 Å². The minimum absolute atomic E-state index is 0.0462. The Kier molecular flexibility index (Phi) is 13.2. The van der Waals surface area contributed by atoms with Crippen molar-refractivity contribution in [1.82, 2.24) is 0 Å². The maximum Gasteiger partial charge on any atom is 0.416 e. The van der Waals surface area contributed by atoms with Crippen LogP contribution in [0.15, 0.2) is 24.3 Å². The molecule has 172 valence electrons. The van der Waals surface area contributed by atoms with E-state index >= 15 is 0 Å². The van der Waals surface area contributed by atoms with Gasteiger partial charge < -0.3 is 9.47 Å². The summed E-state index contributed by atoms with van der Waals surface area (Å²) in [5, 5.41) is 2.37. The van der Waals surface area contributed by atoms with Gasteiger partial charge in [-0.3, -0.25) is 5.32 Å². The first-order valence-corrected chi connectivity index (χ1v) is 11.0. The van der Waals surface area contributed by atoms with Gasteiger partial charge in [0.1, 0.15) is 6.10 Å². The van der Waals surface area contributed by atoms with Gasteiger partial charge in [-0.25, -0.2) is 4.79 Å². The van der Waals surface area contributed by atoms with Gasteiger partial charge in [-0.2, -0.15) is 13.2 Å². The first kappa shape index (κ1) is 26.3. The summed E-state index contributed by atoms with van der Waals surface area (Å²) in [5.41, 5.74) is -0.774. The maximum atomic E-state index is 12.8. The molecule has 0 heterocycles. The second-order valence-electron chi connectivity index (χ2n) is 7.66. The summed E-state index contributed by atoms with van der Waals surface area (Å²) in [6, 6.07) is 4.48. The quantitative estimate of drug-likeness (QED) is 0.291. The molecule has 1 rings (SSSR count). The predicted octanol–water partition coefficient (Wildman–Crippen LogP) is 7.58. The number of anilines is 1. The normalized spacial score (nSPS) is 12.6. The number of alkyl halides is 3. The molecule has 1 aromatic carbocycles. The van der Waals surface area contributed by atoms with Gasteiger partial charge in [0, 0.05) is 12.8 Å². The fourth-order valence-electron chi connectivity index (χ4n) is 3.29. The molecule has 0 saturated heterocycles. The smallest absolute Gasteiger partial charge is 0.416 e. The zero-order chi connectivity index (χ0) is 22.2. The number of hydrogen-bond donors (Lipinski definition) is 1. The molecule has 30 heavy (non-hydrogen) atoms. The van der Waals surface area contributed by atoms with E-state index in [9.17, 15) is 18.0 Å². The monoisotopic (exact) mass is 431 g/mol. The van der Waals surface area contributed by atoms with Crippen LogP contribution < -0.4 is 5.32 Å². The molecule has 1 amide bonds. The van der Waals surface area contributed by atoms with Crippen LogP contribution in [0.5, 0.6) is 0 Å². The minimum Gasteiger partial charge on any atom is -0.444 e. The van der Waals surface area contributed by atoms with Crippen molar-refractivity contribution in [1.29, 1.82) is 0 Å². The number of rotatable bonds is 15. The van der Waals surface area contributed by atoms with Gasteiger partial charge in [-0.1, -0.05) is 70.8 Å². The summed E-state index contributed by atoms with van der Waals surface area (Å²) < 4.78 is 48.8. The number of nitrogens with one attached hydrogen (secondary N) is 1. The van der Waals surface area contributed by atoms with Crippen LogP contribution in [0.2, 0.25) is 0 Å². The fraction of sp³-hybridized carbons (Fsp3) is 0.696. The Morgan fingerprint density at radius 3 is 2.17 bits per heavy atom. The predicted molar refractivity (Wildman–Crippen MR) is 114 cm³/mol. The molecule has 1 aromatic rings. The summed E-state index contributed by atoms with van der Waals surface area (Å²) in [7, 11) is 1.53. The van der Waals surface area contributed by atoms with Crippen LogP contribution in [0.4, 0.5) is 23.7 Å². The number of ether oxygens (including phenoxy) is 2. The minimum atomic E-state index is -4.46. The maximum absolute atomic E-state index is 12.8. The van der Waals surface area contributed by atoms with Crippen molar-refractivity contribution in [2.24, 2.45) is 0 Å². The van der Waals surface area contributed by atoms with Crippen molar-refractivity contribution in [2.75, 3.05) is 19.0 Å². The number of halogens is 3. The third-order valence-corrected chi connectivity index (χ3v) is 4.94. The molecule has 1 atom stereocenters. The Hall–Kier alpha value is -1.76. The molecule has 0 aliphatic carbocycles. The van der Waals surface area contributed by atoms with Gasteiger partial charge in [0.15, 0.2) is 0 Å². The standard InChI is InChI=1S/C23H36F3NO3/c1-3-4-5-6-7-8-9-10-11-12-16-21(18-29-2)30-22(28)27-20-15-13-14-19(17-20)23(24,25)26/h13-15,17,21H,3-12,16,18H2,1-2H3,(H,27,28). The SMILES string of the molecule is CCCCCCCCCCCCC(COC)OC(=O)Nc1cccc(C(F)(F)F)c1. The zero-order valence-electron chi connectivity index (χ0n) is 18.2. The Balaban J connectivity index is 2.28. The highest BCUT2D eigenvalue weighted by Crippen LogP contribution is 2.30. The summed E-state index contributed by atoms with van der Waals surface area (Å²) >= 11 is 0. The van der Waals surface area contributed by atoms with Crippen molar-refractivity contribution in [3.05, 3.63) is 29.8 Å². The summed E-state index contributed by atoms with van der Waals surface area (Å²) in [6.07, 6.45) is 7.16. The van der Waals surface area contributed by atoms with E-state index in [0.717, 1.165) is 31.4 Å². The largest absolute Gasteiger partial charge is 0.444 e. The summed E-state index contributed by atoms with van der Waals surface area (Å²) in [4.78, 5) is 12.1. The van der Waals surface area contributed by atoms with Crippen LogP contribution in [0.25, 0.3) is 0 Å². The number of unbranched alkanes of at least 4 members (excludes halogenated alkanes) is 9. The van der Waals surface area contributed by atoms with Crippen LogP contribution in [-0.4, -0.2) is 25.9 Å². The molecule has 0 spiro atoms. The molecular formula is C23H36F3NO3. The molecule has 0 saturated carbocycles. The van der Waals surface area contributed by atoms with E-state index in [1.807, 2.05) is 0 Å². The Bertz CT molecular complexity index is 593. The van der Waals surface area contributed by atoms with Gasteiger partial charge in [-0.05, 0) is 31.0 Å². The molecule has 4 nitrogen and oxygen atoms in total. The number of amides is 1. The molecule has 1 N–H and O–H groups in total. The lowest BCUT2D eigenvalue weighted by molar-refractivity contribution is -0.137. The zero-order valence-corrected chi connectivity index (χ0v) is 18.2. The second-order valence-corrected chi connectivity index (χ2v) is 7.66. The van der Waals surface area contributed by atoms with Crippen molar-refractivity contribution >= 4 is 11.8 Å². The van der Waals surface area contributed by atoms with Gasteiger partial charge in [0.05, 0.1) is 12.2 Å². The molecule has 0 bridgehead atoms. The van der Waals surface area contributed by atoms with Crippen LogP contribution in [0.1, 0.15) is 83.1 Å². The van der Waals surface area contributed by atoms with Gasteiger partial charge in [-0.15, -0.1) is 0 Å². The Labute approximate surface area is 178 Å². The van der Waals surface area contributed by atoms with E-state index in [1.165, 1.54) is 64.2 Å². The van der Waals surface area contributed by atoms with Crippen LogP contribution in [0.3, 0.4) is 0 Å². The van der Waals surface area contributed by atoms with Crippen LogP contribution in [-0.2, 0) is 15.7 Å². The fourth-order valence-corrected chi connectivity index (χ4v) is 3.29. The van der Waals surface area contributed by atoms with E-state index in [0.29, 0.717) is 6.42 Å². The van der Waals surface area contributed by atoms with Gasteiger partial charge in [0.2, 0.25) is 0 Å². The van der Waals surface area contributed by atoms with E-state index < -0.39 is 23.9 Å². The lowest BCUT2D eigenvalue weighted by atomic mass is 10.0. The van der Waals surface area contributed by atoms with Crippen molar-refractivity contribution < 1.29 is 27.4 Å². The van der Waals surface area contributed by atoms with Crippen molar-refractivity contribution in [3.8, 4) is 0 Å². The second kappa shape index (κ2) is 15.1. The Morgan fingerprint density at radius 2 is 1.60 bits per heavy atom. The highest BCUT2D eigenvalue weighted by Gasteiger charge is 2.30. The Morgan fingerprint density at radius 1 is 1.00 bits per heavy atom.